The monoisotopic (exact) mass is 186 g/mol. The number of amides is 1. The minimum atomic E-state index is -0.675. The second kappa shape index (κ2) is 2.85. The van der Waals surface area contributed by atoms with E-state index in [0.29, 0.717) is 0 Å². The summed E-state index contributed by atoms with van der Waals surface area (Å²) < 4.78 is 0. The molecule has 1 heterocycles. The Bertz CT molecular complexity index is 433. The van der Waals surface area contributed by atoms with Gasteiger partial charge >= 0.3 is 0 Å². The molecule has 1 aromatic rings. The van der Waals surface area contributed by atoms with Crippen LogP contribution in [0.1, 0.15) is 18.9 Å². The Labute approximate surface area is 82.4 Å². The molecule has 14 heavy (non-hydrogen) atoms. The molecule has 0 radical (unpaired) electrons. The second-order valence-electron chi connectivity index (χ2n) is 3.67. The van der Waals surface area contributed by atoms with Crippen molar-refractivity contribution in [1.82, 2.24) is 0 Å². The summed E-state index contributed by atoms with van der Waals surface area (Å²) in [5.74, 6) is -0.0831. The molecule has 1 aromatic carbocycles. The maximum Gasteiger partial charge on any atom is 0.235 e. The average Bonchev–Trinajstić information content (AvgIpc) is 2.41. The number of nitrogens with one attached hydrogen (secondary N) is 1. The smallest absolute Gasteiger partial charge is 0.235 e. The predicted molar refractivity (Wildman–Crippen MR) is 52.7 cm³/mol. The number of nitriles is 1. The Morgan fingerprint density at radius 1 is 1.50 bits per heavy atom. The van der Waals surface area contributed by atoms with Crippen molar-refractivity contribution in [3.05, 3.63) is 29.8 Å². The van der Waals surface area contributed by atoms with Crippen LogP contribution in [-0.2, 0) is 10.2 Å². The molecule has 1 atom stereocenters. The average molecular weight is 186 g/mol. The molecule has 1 aliphatic rings. The van der Waals surface area contributed by atoms with Crippen LogP contribution in [-0.4, -0.2) is 5.91 Å². The van der Waals surface area contributed by atoms with Gasteiger partial charge in [-0.15, -0.1) is 0 Å². The van der Waals surface area contributed by atoms with E-state index in [2.05, 4.69) is 11.4 Å². The molecule has 2 rings (SSSR count). The molecular formula is C11H10N2O. The number of nitrogens with zero attached hydrogens (tertiary/aromatic N) is 1. The van der Waals surface area contributed by atoms with Gasteiger partial charge in [0, 0.05) is 5.69 Å². The molecule has 0 spiro atoms. The molecule has 0 saturated carbocycles. The van der Waals surface area contributed by atoms with E-state index in [1.165, 1.54) is 0 Å². The lowest BCUT2D eigenvalue weighted by molar-refractivity contribution is -0.120. The summed E-state index contributed by atoms with van der Waals surface area (Å²) in [5, 5.41) is 11.5. The third kappa shape index (κ3) is 1.01. The number of carbonyl (C=O) groups is 1. The highest BCUT2D eigenvalue weighted by Gasteiger charge is 2.42. The minimum absolute atomic E-state index is 0.0831. The highest BCUT2D eigenvalue weighted by Crippen LogP contribution is 2.39. The Balaban J connectivity index is 2.55. The van der Waals surface area contributed by atoms with Gasteiger partial charge in [-0.1, -0.05) is 18.2 Å². The fraction of sp³-hybridized carbons (Fsp3) is 0.273. The third-order valence-corrected chi connectivity index (χ3v) is 2.70. The summed E-state index contributed by atoms with van der Waals surface area (Å²) in [6, 6.07) is 9.57. The van der Waals surface area contributed by atoms with E-state index in [-0.39, 0.29) is 12.3 Å². The highest BCUT2D eigenvalue weighted by atomic mass is 16.2. The molecule has 3 heteroatoms. The molecule has 1 unspecified atom stereocenters. The van der Waals surface area contributed by atoms with Crippen molar-refractivity contribution < 1.29 is 4.79 Å². The Kier molecular flexibility index (Phi) is 1.78. The molecule has 1 aliphatic heterocycles. The van der Waals surface area contributed by atoms with Crippen molar-refractivity contribution in [2.24, 2.45) is 0 Å². The van der Waals surface area contributed by atoms with Gasteiger partial charge in [0.15, 0.2) is 0 Å². The zero-order valence-electron chi connectivity index (χ0n) is 7.87. The van der Waals surface area contributed by atoms with Crippen molar-refractivity contribution in [1.29, 1.82) is 5.26 Å². The van der Waals surface area contributed by atoms with Crippen LogP contribution >= 0.6 is 0 Å². The molecule has 0 aromatic heterocycles. The van der Waals surface area contributed by atoms with Crippen molar-refractivity contribution in [2.75, 3.05) is 5.32 Å². The van der Waals surface area contributed by atoms with Crippen molar-refractivity contribution in [3.63, 3.8) is 0 Å². The molecule has 0 saturated heterocycles. The van der Waals surface area contributed by atoms with Crippen molar-refractivity contribution in [2.45, 2.75) is 18.8 Å². The van der Waals surface area contributed by atoms with E-state index in [1.807, 2.05) is 24.3 Å². The molecule has 1 amide bonds. The first-order valence-corrected chi connectivity index (χ1v) is 4.46. The largest absolute Gasteiger partial charge is 0.325 e. The lowest BCUT2D eigenvalue weighted by Crippen LogP contribution is -2.30. The van der Waals surface area contributed by atoms with Gasteiger partial charge in [-0.3, -0.25) is 4.79 Å². The van der Waals surface area contributed by atoms with Gasteiger partial charge in [-0.2, -0.15) is 5.26 Å². The first-order valence-electron chi connectivity index (χ1n) is 4.46. The first kappa shape index (κ1) is 8.76. The number of carbonyl (C=O) groups excluding carboxylic acids is 1. The van der Waals surface area contributed by atoms with Gasteiger partial charge in [-0.05, 0) is 18.6 Å². The number of fused-ring (bicyclic) bond motifs is 1. The summed E-state index contributed by atoms with van der Waals surface area (Å²) in [7, 11) is 0. The molecule has 1 N–H and O–H groups in total. The summed E-state index contributed by atoms with van der Waals surface area (Å²) in [6.45, 7) is 1.80. The standard InChI is InChI=1S/C11H10N2O/c1-11(6-7-12)8-4-2-3-5-9(8)13-10(11)14/h2-5H,6H2,1H3,(H,13,14). The second-order valence-corrected chi connectivity index (χ2v) is 3.67. The maximum atomic E-state index is 11.7. The SMILES string of the molecule is CC1(CC#N)C(=O)Nc2ccccc21. The van der Waals surface area contributed by atoms with Crippen molar-refractivity contribution >= 4 is 11.6 Å². The van der Waals surface area contributed by atoms with Crippen LogP contribution in [0.15, 0.2) is 24.3 Å². The fourth-order valence-corrected chi connectivity index (χ4v) is 1.79. The zero-order valence-corrected chi connectivity index (χ0v) is 7.87. The number of benzene rings is 1. The van der Waals surface area contributed by atoms with Gasteiger partial charge in [-0.25, -0.2) is 0 Å². The first-order chi connectivity index (χ1) is 6.68. The molecular weight excluding hydrogens is 176 g/mol. The van der Waals surface area contributed by atoms with E-state index in [9.17, 15) is 4.79 Å². The van der Waals surface area contributed by atoms with Gasteiger partial charge in [0.25, 0.3) is 0 Å². The van der Waals surface area contributed by atoms with Crippen LogP contribution in [0, 0.1) is 11.3 Å². The van der Waals surface area contributed by atoms with Crippen LogP contribution < -0.4 is 5.32 Å². The van der Waals surface area contributed by atoms with E-state index >= 15 is 0 Å². The molecule has 0 aliphatic carbocycles. The van der Waals surface area contributed by atoms with Crippen molar-refractivity contribution in [3.8, 4) is 6.07 Å². The number of anilines is 1. The summed E-state index contributed by atoms with van der Waals surface area (Å²) in [4.78, 5) is 11.7. The summed E-state index contributed by atoms with van der Waals surface area (Å²) in [6.07, 6.45) is 0.218. The van der Waals surface area contributed by atoms with Crippen LogP contribution in [0.25, 0.3) is 0 Å². The Morgan fingerprint density at radius 3 is 2.93 bits per heavy atom. The van der Waals surface area contributed by atoms with Gasteiger partial charge in [0.2, 0.25) is 5.91 Å². The highest BCUT2D eigenvalue weighted by molar-refractivity contribution is 6.06. The number of para-hydroxylation sites is 1. The van der Waals surface area contributed by atoms with Crippen LogP contribution in [0.2, 0.25) is 0 Å². The third-order valence-electron chi connectivity index (χ3n) is 2.70. The molecule has 0 fully saturated rings. The Morgan fingerprint density at radius 2 is 2.21 bits per heavy atom. The predicted octanol–water partition coefficient (Wildman–Crippen LogP) is 1.81. The zero-order chi connectivity index (χ0) is 10.2. The molecule has 3 nitrogen and oxygen atoms in total. The van der Waals surface area contributed by atoms with Crippen LogP contribution in [0.5, 0.6) is 0 Å². The number of hydrogen-bond acceptors (Lipinski definition) is 2. The summed E-state index contributed by atoms with van der Waals surface area (Å²) in [5.41, 5.74) is 1.08. The quantitative estimate of drug-likeness (QED) is 0.727. The van der Waals surface area contributed by atoms with E-state index in [1.54, 1.807) is 6.92 Å². The maximum absolute atomic E-state index is 11.7. The Hall–Kier alpha value is -1.82. The summed E-state index contributed by atoms with van der Waals surface area (Å²) >= 11 is 0. The van der Waals surface area contributed by atoms with Gasteiger partial charge < -0.3 is 5.32 Å². The number of hydrogen-bond donors (Lipinski definition) is 1. The van der Waals surface area contributed by atoms with E-state index in [0.717, 1.165) is 11.3 Å². The van der Waals surface area contributed by atoms with E-state index < -0.39 is 5.41 Å². The lowest BCUT2D eigenvalue weighted by atomic mass is 9.81. The number of rotatable bonds is 1. The van der Waals surface area contributed by atoms with Gasteiger partial charge in [0.05, 0.1) is 17.9 Å². The van der Waals surface area contributed by atoms with Crippen LogP contribution in [0.4, 0.5) is 5.69 Å². The molecule has 0 bridgehead atoms. The van der Waals surface area contributed by atoms with Gasteiger partial charge in [0.1, 0.15) is 0 Å². The lowest BCUT2D eigenvalue weighted by Gasteiger charge is -2.17. The fourth-order valence-electron chi connectivity index (χ4n) is 1.79. The normalized spacial score (nSPS) is 23.9. The van der Waals surface area contributed by atoms with E-state index in [4.69, 9.17) is 5.26 Å². The topological polar surface area (TPSA) is 52.9 Å². The molecule has 70 valence electrons. The van der Waals surface area contributed by atoms with Crippen LogP contribution in [0.3, 0.4) is 0 Å². The minimum Gasteiger partial charge on any atom is -0.325 e.